The Balaban J connectivity index is 1.98. The van der Waals surface area contributed by atoms with Gasteiger partial charge in [-0.25, -0.2) is 8.78 Å². The molecular weight excluding hydrogens is 232 g/mol. The van der Waals surface area contributed by atoms with Crippen molar-refractivity contribution in [2.45, 2.75) is 13.0 Å². The van der Waals surface area contributed by atoms with E-state index < -0.39 is 6.43 Å². The van der Waals surface area contributed by atoms with Gasteiger partial charge in [0, 0.05) is 6.54 Å². The lowest BCUT2D eigenvalue weighted by Crippen LogP contribution is -2.20. The summed E-state index contributed by atoms with van der Waals surface area (Å²) >= 11 is 0. The summed E-state index contributed by atoms with van der Waals surface area (Å²) in [6.07, 6.45) is -2.30. The Kier molecular flexibility index (Phi) is 4.42. The van der Waals surface area contributed by atoms with E-state index in [2.05, 4.69) is 11.4 Å². The first-order valence-corrected chi connectivity index (χ1v) is 5.80. The minimum atomic E-state index is -2.30. The summed E-state index contributed by atoms with van der Waals surface area (Å²) in [5, 5.41) is 2.70. The topological polar surface area (TPSA) is 12.0 Å². The molecule has 0 fully saturated rings. The molecule has 93 valence electrons. The second-order valence-electron chi connectivity index (χ2n) is 4.01. The van der Waals surface area contributed by atoms with E-state index in [9.17, 15) is 8.78 Å². The molecular formula is C15H14F2N. The van der Waals surface area contributed by atoms with Crippen molar-refractivity contribution < 1.29 is 8.78 Å². The molecule has 0 bridgehead atoms. The van der Waals surface area contributed by atoms with Crippen LogP contribution >= 0.6 is 0 Å². The summed E-state index contributed by atoms with van der Waals surface area (Å²) in [6.45, 7) is 0.195. The molecule has 18 heavy (non-hydrogen) atoms. The Morgan fingerprint density at radius 2 is 1.83 bits per heavy atom. The Bertz CT molecular complexity index is 466. The van der Waals surface area contributed by atoms with E-state index >= 15 is 0 Å². The van der Waals surface area contributed by atoms with Crippen LogP contribution in [0.3, 0.4) is 0 Å². The van der Waals surface area contributed by atoms with E-state index in [4.69, 9.17) is 0 Å². The largest absolute Gasteiger partial charge is 0.307 e. The van der Waals surface area contributed by atoms with E-state index in [1.807, 2.05) is 48.5 Å². The molecule has 0 aliphatic rings. The molecule has 2 rings (SSSR count). The van der Waals surface area contributed by atoms with Crippen molar-refractivity contribution in [3.05, 3.63) is 60.2 Å². The highest BCUT2D eigenvalue weighted by Crippen LogP contribution is 2.18. The Morgan fingerprint density at radius 1 is 1.06 bits per heavy atom. The Labute approximate surface area is 105 Å². The van der Waals surface area contributed by atoms with Gasteiger partial charge < -0.3 is 5.32 Å². The number of alkyl halides is 2. The van der Waals surface area contributed by atoms with Crippen molar-refractivity contribution >= 4 is 0 Å². The summed E-state index contributed by atoms with van der Waals surface area (Å²) in [4.78, 5) is 0. The predicted molar refractivity (Wildman–Crippen MR) is 68.4 cm³/mol. The second-order valence-corrected chi connectivity index (χ2v) is 4.01. The maximum absolute atomic E-state index is 12.0. The summed E-state index contributed by atoms with van der Waals surface area (Å²) in [7, 11) is 0. The van der Waals surface area contributed by atoms with Crippen LogP contribution < -0.4 is 5.32 Å². The maximum atomic E-state index is 12.0. The van der Waals surface area contributed by atoms with Gasteiger partial charge in [0.05, 0.1) is 6.54 Å². The molecule has 0 aromatic heterocycles. The normalized spacial score (nSPS) is 10.8. The van der Waals surface area contributed by atoms with E-state index in [1.54, 1.807) is 0 Å². The quantitative estimate of drug-likeness (QED) is 0.851. The average Bonchev–Trinajstić information content (AvgIpc) is 2.40. The van der Waals surface area contributed by atoms with Gasteiger partial charge >= 0.3 is 0 Å². The van der Waals surface area contributed by atoms with E-state index in [-0.39, 0.29) is 6.54 Å². The van der Waals surface area contributed by atoms with Crippen LogP contribution in [0.2, 0.25) is 0 Å². The maximum Gasteiger partial charge on any atom is 0.250 e. The minimum absolute atomic E-state index is 0.268. The van der Waals surface area contributed by atoms with Crippen LogP contribution in [0.4, 0.5) is 8.78 Å². The molecule has 0 amide bonds. The summed E-state index contributed by atoms with van der Waals surface area (Å²) in [5.74, 6) is 0. The second kappa shape index (κ2) is 6.26. The molecule has 0 aliphatic heterocycles. The molecule has 2 aromatic carbocycles. The van der Waals surface area contributed by atoms with Crippen molar-refractivity contribution in [2.24, 2.45) is 0 Å². The van der Waals surface area contributed by atoms with Gasteiger partial charge in [0.15, 0.2) is 0 Å². The summed E-state index contributed by atoms with van der Waals surface area (Å²) in [6, 6.07) is 18.6. The standard InChI is InChI=1S/C15H14F2N/c16-15(17)11-18-10-12-6-8-14(9-7-12)13-4-2-1-3-5-13/h1-2,4-9,15,18H,10-11H2. The third kappa shape index (κ3) is 3.64. The van der Waals surface area contributed by atoms with Crippen LogP contribution in [-0.4, -0.2) is 13.0 Å². The molecule has 1 nitrogen and oxygen atoms in total. The molecule has 0 saturated heterocycles. The van der Waals surface area contributed by atoms with E-state index in [0.717, 1.165) is 16.7 Å². The first-order chi connectivity index (χ1) is 8.75. The van der Waals surface area contributed by atoms with E-state index in [1.165, 1.54) is 0 Å². The van der Waals surface area contributed by atoms with Crippen molar-refractivity contribution in [1.29, 1.82) is 0 Å². The van der Waals surface area contributed by atoms with Crippen molar-refractivity contribution in [1.82, 2.24) is 5.32 Å². The zero-order chi connectivity index (χ0) is 12.8. The zero-order valence-corrected chi connectivity index (χ0v) is 9.87. The molecule has 1 N–H and O–H groups in total. The van der Waals surface area contributed by atoms with Crippen molar-refractivity contribution in [3.8, 4) is 11.1 Å². The van der Waals surface area contributed by atoms with Gasteiger partial charge in [0.2, 0.25) is 0 Å². The highest BCUT2D eigenvalue weighted by atomic mass is 19.3. The molecule has 0 atom stereocenters. The number of nitrogens with one attached hydrogen (secondary N) is 1. The van der Waals surface area contributed by atoms with Crippen LogP contribution in [0.25, 0.3) is 11.1 Å². The van der Waals surface area contributed by atoms with E-state index in [0.29, 0.717) is 6.54 Å². The van der Waals surface area contributed by atoms with Gasteiger partial charge in [-0.05, 0) is 28.8 Å². The van der Waals surface area contributed by atoms with Gasteiger partial charge in [-0.2, -0.15) is 0 Å². The average molecular weight is 246 g/mol. The first-order valence-electron chi connectivity index (χ1n) is 5.80. The molecule has 0 unspecified atom stereocenters. The fourth-order valence-electron chi connectivity index (χ4n) is 1.71. The lowest BCUT2D eigenvalue weighted by Gasteiger charge is -2.06. The Morgan fingerprint density at radius 3 is 2.44 bits per heavy atom. The number of benzene rings is 2. The highest BCUT2D eigenvalue weighted by Gasteiger charge is 2.01. The van der Waals surface area contributed by atoms with Crippen LogP contribution in [0.15, 0.2) is 48.5 Å². The van der Waals surface area contributed by atoms with Crippen LogP contribution in [0.5, 0.6) is 0 Å². The number of hydrogen-bond acceptors (Lipinski definition) is 1. The monoisotopic (exact) mass is 246 g/mol. The number of rotatable bonds is 5. The lowest BCUT2D eigenvalue weighted by atomic mass is 10.0. The van der Waals surface area contributed by atoms with Gasteiger partial charge in [-0.1, -0.05) is 42.5 Å². The Hall–Kier alpha value is -1.74. The van der Waals surface area contributed by atoms with Crippen molar-refractivity contribution in [3.63, 3.8) is 0 Å². The van der Waals surface area contributed by atoms with Crippen molar-refractivity contribution in [2.75, 3.05) is 6.54 Å². The van der Waals surface area contributed by atoms with Gasteiger partial charge in [-0.3, -0.25) is 0 Å². The highest BCUT2D eigenvalue weighted by molar-refractivity contribution is 5.63. The molecule has 0 saturated carbocycles. The van der Waals surface area contributed by atoms with Gasteiger partial charge in [0.1, 0.15) is 0 Å². The molecule has 0 spiro atoms. The predicted octanol–water partition coefficient (Wildman–Crippen LogP) is 3.51. The van der Waals surface area contributed by atoms with Crippen LogP contribution in [-0.2, 0) is 6.54 Å². The smallest absolute Gasteiger partial charge is 0.250 e. The molecule has 0 aliphatic carbocycles. The third-order valence-electron chi connectivity index (χ3n) is 2.62. The minimum Gasteiger partial charge on any atom is -0.307 e. The molecule has 2 aromatic rings. The molecule has 1 radical (unpaired) electrons. The fourth-order valence-corrected chi connectivity index (χ4v) is 1.71. The van der Waals surface area contributed by atoms with Gasteiger partial charge in [0.25, 0.3) is 6.43 Å². The number of halogens is 2. The third-order valence-corrected chi connectivity index (χ3v) is 2.62. The summed E-state index contributed by atoms with van der Waals surface area (Å²) in [5.41, 5.74) is 3.20. The first kappa shape index (κ1) is 12.7. The van der Waals surface area contributed by atoms with Crippen LogP contribution in [0, 0.1) is 6.07 Å². The zero-order valence-electron chi connectivity index (χ0n) is 9.87. The molecule has 3 heteroatoms. The number of hydrogen-bond donors (Lipinski definition) is 1. The SMILES string of the molecule is FC(F)CNCc1ccc(-c2c[c]ccc2)cc1. The fraction of sp³-hybridized carbons (Fsp3) is 0.200. The molecule has 0 heterocycles. The summed E-state index contributed by atoms with van der Waals surface area (Å²) < 4.78 is 23.9. The lowest BCUT2D eigenvalue weighted by molar-refractivity contribution is 0.145. The van der Waals surface area contributed by atoms with Gasteiger partial charge in [-0.15, -0.1) is 0 Å². The van der Waals surface area contributed by atoms with Crippen LogP contribution in [0.1, 0.15) is 5.56 Å².